The highest BCUT2D eigenvalue weighted by molar-refractivity contribution is 9.10. The van der Waals surface area contributed by atoms with Gasteiger partial charge in [-0.25, -0.2) is 14.1 Å². The van der Waals surface area contributed by atoms with E-state index < -0.39 is 47.1 Å². The molecule has 0 radical (unpaired) electrons. The van der Waals surface area contributed by atoms with Crippen molar-refractivity contribution >= 4 is 15.9 Å². The summed E-state index contributed by atoms with van der Waals surface area (Å²) >= 11 is 3.04. The molecule has 1 aromatic carbocycles. The fourth-order valence-corrected chi connectivity index (χ4v) is 2.89. The van der Waals surface area contributed by atoms with E-state index in [1.54, 1.807) is 0 Å². The quantitative estimate of drug-likeness (QED) is 0.553. The third-order valence-corrected chi connectivity index (χ3v) is 4.54. The Morgan fingerprint density at radius 3 is 2.24 bits per heavy atom. The minimum atomic E-state index is -4.92. The molecule has 0 saturated heterocycles. The van der Waals surface area contributed by atoms with Gasteiger partial charge in [0.2, 0.25) is 0 Å². The molecule has 0 amide bonds. The highest BCUT2D eigenvalue weighted by atomic mass is 79.9. The van der Waals surface area contributed by atoms with E-state index in [4.69, 9.17) is 0 Å². The van der Waals surface area contributed by atoms with Gasteiger partial charge in [0, 0.05) is 16.2 Å². The average Bonchev–Trinajstić information content (AvgIpc) is 3.11. The lowest BCUT2D eigenvalue weighted by molar-refractivity contribution is -0.208. The van der Waals surface area contributed by atoms with Crippen molar-refractivity contribution in [2.75, 3.05) is 0 Å². The van der Waals surface area contributed by atoms with Crippen molar-refractivity contribution in [1.29, 1.82) is 0 Å². The van der Waals surface area contributed by atoms with Crippen LogP contribution < -0.4 is 0 Å². The Morgan fingerprint density at radius 1 is 1.00 bits per heavy atom. The average molecular weight is 481 g/mol. The molecule has 1 N–H and O–H groups in total. The summed E-state index contributed by atoms with van der Waals surface area (Å²) in [5.74, 6) is -6.97. The molecule has 0 fully saturated rings. The predicted molar refractivity (Wildman–Crippen MR) is 91.2 cm³/mol. The monoisotopic (exact) mass is 480 g/mol. The van der Waals surface area contributed by atoms with Crippen molar-refractivity contribution in [2.24, 2.45) is 0 Å². The normalized spacial score (nSPS) is 14.6. The molecule has 3 rings (SSSR count). The third-order valence-electron chi connectivity index (χ3n) is 4.07. The van der Waals surface area contributed by atoms with Gasteiger partial charge in [0.25, 0.3) is 5.82 Å². The third kappa shape index (κ3) is 3.99. The van der Waals surface area contributed by atoms with E-state index in [0.29, 0.717) is 15.5 Å². The maximum atomic E-state index is 15.4. The van der Waals surface area contributed by atoms with Crippen molar-refractivity contribution < 1.29 is 31.4 Å². The van der Waals surface area contributed by atoms with Gasteiger partial charge in [-0.1, -0.05) is 18.2 Å². The van der Waals surface area contributed by atoms with Crippen LogP contribution in [0.5, 0.6) is 0 Å². The SMILES string of the molecule is OC(Cn1cnc(C(F)(F)F)n1)(c1ccccc1F)C(F)(F)c1ccc(Br)cn1. The summed E-state index contributed by atoms with van der Waals surface area (Å²) in [6, 6.07) is 6.30. The first-order valence-corrected chi connectivity index (χ1v) is 8.68. The van der Waals surface area contributed by atoms with E-state index in [-0.39, 0.29) is 0 Å². The molecule has 2 heterocycles. The standard InChI is InChI=1S/C17H11BrF6N4O/c18-10-5-6-13(25-7-10)16(20,21)15(29,11-3-1-2-4-12(11)19)8-28-9-26-14(27-28)17(22,23)24/h1-7,9,29H,8H2. The first-order valence-electron chi connectivity index (χ1n) is 7.89. The van der Waals surface area contributed by atoms with E-state index in [0.717, 1.165) is 24.4 Å². The second kappa shape index (κ2) is 7.41. The van der Waals surface area contributed by atoms with E-state index >= 15 is 8.78 Å². The molecule has 5 nitrogen and oxygen atoms in total. The molecule has 0 aliphatic carbocycles. The molecule has 0 aliphatic rings. The Morgan fingerprint density at radius 2 is 1.69 bits per heavy atom. The number of nitrogens with zero attached hydrogens (tertiary/aromatic N) is 4. The number of hydrogen-bond acceptors (Lipinski definition) is 4. The zero-order valence-corrected chi connectivity index (χ0v) is 15.8. The van der Waals surface area contributed by atoms with Crippen LogP contribution in [0, 0.1) is 5.82 Å². The molecule has 0 saturated carbocycles. The summed E-state index contributed by atoms with van der Waals surface area (Å²) in [6.45, 7) is -1.22. The molecule has 0 aliphatic heterocycles. The molecule has 154 valence electrons. The summed E-state index contributed by atoms with van der Waals surface area (Å²) in [5.41, 5.74) is -5.07. The van der Waals surface area contributed by atoms with Crippen LogP contribution in [0.25, 0.3) is 0 Å². The van der Waals surface area contributed by atoms with Crippen LogP contribution in [0.2, 0.25) is 0 Å². The lowest BCUT2D eigenvalue weighted by Crippen LogP contribution is -2.48. The molecule has 0 bridgehead atoms. The molecular formula is C17H11BrF6N4O. The van der Waals surface area contributed by atoms with Gasteiger partial charge in [-0.3, -0.25) is 4.98 Å². The van der Waals surface area contributed by atoms with Crippen molar-refractivity contribution in [3.05, 3.63) is 76.3 Å². The number of aromatic nitrogens is 4. The van der Waals surface area contributed by atoms with E-state index in [1.807, 2.05) is 0 Å². The lowest BCUT2D eigenvalue weighted by atomic mass is 9.84. The Kier molecular flexibility index (Phi) is 5.43. The van der Waals surface area contributed by atoms with Gasteiger partial charge in [-0.05, 0) is 34.1 Å². The van der Waals surface area contributed by atoms with Crippen LogP contribution >= 0.6 is 15.9 Å². The van der Waals surface area contributed by atoms with E-state index in [2.05, 4.69) is 31.0 Å². The maximum absolute atomic E-state index is 15.4. The summed E-state index contributed by atoms with van der Waals surface area (Å²) in [6.07, 6.45) is -3.35. The molecule has 1 atom stereocenters. The van der Waals surface area contributed by atoms with Crippen molar-refractivity contribution in [2.45, 2.75) is 24.2 Å². The number of benzene rings is 1. The zero-order valence-electron chi connectivity index (χ0n) is 14.2. The van der Waals surface area contributed by atoms with Crippen LogP contribution in [0.3, 0.4) is 0 Å². The van der Waals surface area contributed by atoms with Crippen LogP contribution in [0.1, 0.15) is 17.1 Å². The highest BCUT2D eigenvalue weighted by Gasteiger charge is 2.58. The van der Waals surface area contributed by atoms with Gasteiger partial charge in [0.15, 0.2) is 5.60 Å². The molecule has 2 aromatic heterocycles. The molecule has 3 aromatic rings. The Labute approximate surface area is 168 Å². The number of aliphatic hydroxyl groups is 1. The fraction of sp³-hybridized carbons (Fsp3) is 0.235. The number of rotatable bonds is 5. The number of halogens is 7. The molecular weight excluding hydrogens is 470 g/mol. The maximum Gasteiger partial charge on any atom is 0.453 e. The number of hydrogen-bond donors (Lipinski definition) is 1. The Balaban J connectivity index is 2.13. The molecule has 29 heavy (non-hydrogen) atoms. The first-order chi connectivity index (χ1) is 13.4. The van der Waals surface area contributed by atoms with Gasteiger partial charge < -0.3 is 5.11 Å². The zero-order chi connectivity index (χ0) is 21.4. The summed E-state index contributed by atoms with van der Waals surface area (Å²) < 4.78 is 84.0. The van der Waals surface area contributed by atoms with E-state index in [1.165, 1.54) is 18.2 Å². The Bertz CT molecular complexity index is 1010. The number of pyridine rings is 1. The van der Waals surface area contributed by atoms with Crippen LogP contribution in [-0.2, 0) is 24.2 Å². The smallest absolute Gasteiger partial charge is 0.377 e. The van der Waals surface area contributed by atoms with Crippen LogP contribution in [0.15, 0.2) is 53.4 Å². The topological polar surface area (TPSA) is 63.8 Å². The van der Waals surface area contributed by atoms with Crippen LogP contribution in [0.4, 0.5) is 26.3 Å². The largest absolute Gasteiger partial charge is 0.453 e. The lowest BCUT2D eigenvalue weighted by Gasteiger charge is -2.35. The van der Waals surface area contributed by atoms with Gasteiger partial charge in [-0.2, -0.15) is 22.0 Å². The number of alkyl halides is 5. The van der Waals surface area contributed by atoms with E-state index in [9.17, 15) is 22.7 Å². The summed E-state index contributed by atoms with van der Waals surface area (Å²) in [5, 5.41) is 14.0. The van der Waals surface area contributed by atoms with Crippen molar-refractivity contribution in [3.8, 4) is 0 Å². The fourth-order valence-electron chi connectivity index (χ4n) is 2.66. The van der Waals surface area contributed by atoms with Gasteiger partial charge in [0.05, 0.1) is 6.54 Å². The van der Waals surface area contributed by atoms with Gasteiger partial charge in [0.1, 0.15) is 17.8 Å². The molecule has 1 unspecified atom stereocenters. The minimum absolute atomic E-state index is 0.373. The summed E-state index contributed by atoms with van der Waals surface area (Å²) in [4.78, 5) is 6.56. The van der Waals surface area contributed by atoms with Gasteiger partial charge >= 0.3 is 12.1 Å². The second-order valence-corrected chi connectivity index (χ2v) is 6.96. The molecule has 0 spiro atoms. The van der Waals surface area contributed by atoms with Crippen LogP contribution in [-0.4, -0.2) is 24.9 Å². The minimum Gasteiger partial charge on any atom is -0.377 e. The highest BCUT2D eigenvalue weighted by Crippen LogP contribution is 2.46. The van der Waals surface area contributed by atoms with Crippen molar-refractivity contribution in [3.63, 3.8) is 0 Å². The van der Waals surface area contributed by atoms with Crippen molar-refractivity contribution in [1.82, 2.24) is 19.7 Å². The Hall–Kier alpha value is -2.47. The summed E-state index contributed by atoms with van der Waals surface area (Å²) in [7, 11) is 0. The first kappa shape index (κ1) is 21.2. The van der Waals surface area contributed by atoms with Gasteiger partial charge in [-0.15, -0.1) is 5.10 Å². The predicted octanol–water partition coefficient (Wildman–Crippen LogP) is 4.27. The molecule has 12 heteroatoms. The second-order valence-electron chi connectivity index (χ2n) is 6.04.